The third-order valence-corrected chi connectivity index (χ3v) is 6.20. The van der Waals surface area contributed by atoms with E-state index in [1.807, 2.05) is 6.07 Å². The Morgan fingerprint density at radius 2 is 1.64 bits per heavy atom. The number of aliphatic hydroxyl groups is 1. The van der Waals surface area contributed by atoms with Crippen molar-refractivity contribution < 1.29 is 5.11 Å². The van der Waals surface area contributed by atoms with Gasteiger partial charge in [-0.15, -0.1) is 12.4 Å². The summed E-state index contributed by atoms with van der Waals surface area (Å²) in [4.78, 5) is 2.54. The van der Waals surface area contributed by atoms with Gasteiger partial charge in [-0.2, -0.15) is 0 Å². The second-order valence-corrected chi connectivity index (χ2v) is 7.65. The molecule has 2 aromatic carbocycles. The van der Waals surface area contributed by atoms with E-state index in [2.05, 4.69) is 60.4 Å². The van der Waals surface area contributed by atoms with Crippen LogP contribution >= 0.6 is 12.4 Å². The van der Waals surface area contributed by atoms with E-state index in [0.29, 0.717) is 18.3 Å². The van der Waals surface area contributed by atoms with Crippen molar-refractivity contribution in [3.63, 3.8) is 0 Å². The van der Waals surface area contributed by atoms with Crippen molar-refractivity contribution in [1.29, 1.82) is 0 Å². The molecule has 0 aliphatic carbocycles. The van der Waals surface area contributed by atoms with Crippen molar-refractivity contribution in [1.82, 2.24) is 4.90 Å². The SMILES string of the molecule is Cc1ccccc1C(O)(Cc1ccccc1)C1CN2CCC1CC2.Cl. The number of hydrogen-bond acceptors (Lipinski definition) is 2. The average Bonchev–Trinajstić information content (AvgIpc) is 2.64. The Morgan fingerprint density at radius 3 is 2.24 bits per heavy atom. The zero-order valence-corrected chi connectivity index (χ0v) is 15.7. The Morgan fingerprint density at radius 1 is 1.00 bits per heavy atom. The maximum absolute atomic E-state index is 12.0. The first-order valence-electron chi connectivity index (χ1n) is 9.21. The zero-order valence-electron chi connectivity index (χ0n) is 14.9. The highest BCUT2D eigenvalue weighted by Gasteiger charge is 2.47. The summed E-state index contributed by atoms with van der Waals surface area (Å²) in [5.41, 5.74) is 2.76. The largest absolute Gasteiger partial charge is 0.384 e. The van der Waals surface area contributed by atoms with Crippen molar-refractivity contribution in [3.8, 4) is 0 Å². The van der Waals surface area contributed by atoms with Crippen LogP contribution in [0.15, 0.2) is 54.6 Å². The normalized spacial score (nSPS) is 27.4. The molecule has 3 heteroatoms. The number of benzene rings is 2. The summed E-state index contributed by atoms with van der Waals surface area (Å²) >= 11 is 0. The van der Waals surface area contributed by atoms with E-state index in [9.17, 15) is 5.11 Å². The van der Waals surface area contributed by atoms with Crippen LogP contribution in [0.1, 0.15) is 29.5 Å². The molecule has 3 aliphatic rings. The highest BCUT2D eigenvalue weighted by atomic mass is 35.5. The van der Waals surface area contributed by atoms with E-state index in [4.69, 9.17) is 0 Å². The van der Waals surface area contributed by atoms with Crippen molar-refractivity contribution in [2.45, 2.75) is 31.8 Å². The molecule has 2 nitrogen and oxygen atoms in total. The highest BCUT2D eigenvalue weighted by Crippen LogP contribution is 2.45. The summed E-state index contributed by atoms with van der Waals surface area (Å²) in [5.74, 6) is 0.963. The van der Waals surface area contributed by atoms with Crippen molar-refractivity contribution >= 4 is 12.4 Å². The second-order valence-electron chi connectivity index (χ2n) is 7.65. The molecule has 3 saturated heterocycles. The van der Waals surface area contributed by atoms with Crippen LogP contribution in [-0.4, -0.2) is 29.6 Å². The molecule has 2 aromatic rings. The summed E-state index contributed by atoms with van der Waals surface area (Å²) in [6, 6.07) is 18.9. The summed E-state index contributed by atoms with van der Waals surface area (Å²) in [7, 11) is 0. The molecule has 0 saturated carbocycles. The van der Waals surface area contributed by atoms with Gasteiger partial charge in [0, 0.05) is 18.9 Å². The molecule has 5 rings (SSSR count). The lowest BCUT2D eigenvalue weighted by molar-refractivity contribution is -0.102. The monoisotopic (exact) mass is 357 g/mol. The van der Waals surface area contributed by atoms with Crippen LogP contribution in [0.25, 0.3) is 0 Å². The smallest absolute Gasteiger partial charge is 0.0982 e. The van der Waals surface area contributed by atoms with Gasteiger partial charge in [-0.3, -0.25) is 0 Å². The maximum atomic E-state index is 12.0. The maximum Gasteiger partial charge on any atom is 0.0982 e. The fraction of sp³-hybridized carbons (Fsp3) is 0.455. The Balaban J connectivity index is 0.00000182. The van der Waals surface area contributed by atoms with E-state index < -0.39 is 5.60 Å². The second kappa shape index (κ2) is 7.49. The van der Waals surface area contributed by atoms with Gasteiger partial charge >= 0.3 is 0 Å². The molecule has 134 valence electrons. The molecule has 3 heterocycles. The lowest BCUT2D eigenvalue weighted by Gasteiger charge is -2.51. The number of halogens is 1. The predicted octanol–water partition coefficient (Wildman–Crippen LogP) is 4.19. The number of aryl methyl sites for hydroxylation is 1. The standard InChI is InChI=1S/C22H27NO.ClH/c1-17-7-5-6-10-20(17)22(24,15-18-8-3-2-4-9-18)21-16-23-13-11-19(21)12-14-23;/h2-10,19,21,24H,11-16H2,1H3;1H. The molecule has 0 spiro atoms. The van der Waals surface area contributed by atoms with Crippen LogP contribution in [-0.2, 0) is 12.0 Å². The number of hydrogen-bond donors (Lipinski definition) is 1. The third-order valence-electron chi connectivity index (χ3n) is 6.20. The quantitative estimate of drug-likeness (QED) is 0.886. The molecule has 2 bridgehead atoms. The Kier molecular flexibility index (Phi) is 5.52. The number of fused-ring (bicyclic) bond motifs is 3. The molecule has 0 radical (unpaired) electrons. The predicted molar refractivity (Wildman–Crippen MR) is 105 cm³/mol. The van der Waals surface area contributed by atoms with Crippen LogP contribution < -0.4 is 0 Å². The Labute approximate surface area is 157 Å². The minimum Gasteiger partial charge on any atom is -0.384 e. The summed E-state index contributed by atoms with van der Waals surface area (Å²) in [6.07, 6.45) is 3.16. The van der Waals surface area contributed by atoms with Crippen LogP contribution in [0.4, 0.5) is 0 Å². The summed E-state index contributed by atoms with van der Waals surface area (Å²) in [6.45, 7) is 5.57. The summed E-state index contributed by atoms with van der Waals surface area (Å²) < 4.78 is 0. The minimum atomic E-state index is -0.781. The first kappa shape index (κ1) is 18.4. The zero-order chi connectivity index (χ0) is 16.6. The topological polar surface area (TPSA) is 23.5 Å². The first-order chi connectivity index (χ1) is 11.7. The molecule has 1 N–H and O–H groups in total. The van der Waals surface area contributed by atoms with E-state index >= 15 is 0 Å². The number of rotatable bonds is 4. The Bertz CT molecular complexity index is 696. The molecule has 0 amide bonds. The van der Waals surface area contributed by atoms with E-state index in [1.165, 1.54) is 37.1 Å². The van der Waals surface area contributed by atoms with Crippen LogP contribution in [0.3, 0.4) is 0 Å². The van der Waals surface area contributed by atoms with Gasteiger partial charge in [-0.25, -0.2) is 0 Å². The van der Waals surface area contributed by atoms with Gasteiger partial charge in [0.05, 0.1) is 5.60 Å². The fourth-order valence-corrected chi connectivity index (χ4v) is 4.90. The lowest BCUT2D eigenvalue weighted by atomic mass is 9.65. The third kappa shape index (κ3) is 3.48. The number of piperidine rings is 3. The lowest BCUT2D eigenvalue weighted by Crippen LogP contribution is -2.56. The van der Waals surface area contributed by atoms with Crippen molar-refractivity contribution in [2.24, 2.45) is 11.8 Å². The summed E-state index contributed by atoms with van der Waals surface area (Å²) in [5, 5.41) is 12.0. The molecule has 2 unspecified atom stereocenters. The molecular weight excluding hydrogens is 330 g/mol. The highest BCUT2D eigenvalue weighted by molar-refractivity contribution is 5.85. The van der Waals surface area contributed by atoms with Crippen LogP contribution in [0.5, 0.6) is 0 Å². The van der Waals surface area contributed by atoms with E-state index in [1.54, 1.807) is 0 Å². The Hall–Kier alpha value is -1.35. The molecule has 25 heavy (non-hydrogen) atoms. The van der Waals surface area contributed by atoms with Gasteiger partial charge in [0.1, 0.15) is 0 Å². The molecular formula is C22H28ClNO. The fourth-order valence-electron chi connectivity index (χ4n) is 4.90. The molecule has 2 atom stereocenters. The van der Waals surface area contributed by atoms with Gasteiger partial charge < -0.3 is 10.0 Å². The molecule has 3 aliphatic heterocycles. The van der Waals surface area contributed by atoms with Gasteiger partial charge in [-0.1, -0.05) is 54.6 Å². The molecule has 0 aromatic heterocycles. The van der Waals surface area contributed by atoms with Gasteiger partial charge in [0.15, 0.2) is 0 Å². The van der Waals surface area contributed by atoms with Crippen LogP contribution in [0.2, 0.25) is 0 Å². The first-order valence-corrected chi connectivity index (χ1v) is 9.21. The minimum absolute atomic E-state index is 0. The van der Waals surface area contributed by atoms with Crippen molar-refractivity contribution in [3.05, 3.63) is 71.3 Å². The van der Waals surface area contributed by atoms with Gasteiger partial charge in [0.25, 0.3) is 0 Å². The van der Waals surface area contributed by atoms with Crippen LogP contribution in [0, 0.1) is 18.8 Å². The van der Waals surface area contributed by atoms with E-state index in [-0.39, 0.29) is 12.4 Å². The molecule has 3 fully saturated rings. The van der Waals surface area contributed by atoms with Crippen molar-refractivity contribution in [2.75, 3.05) is 19.6 Å². The van der Waals surface area contributed by atoms with Gasteiger partial charge in [0.2, 0.25) is 0 Å². The van der Waals surface area contributed by atoms with E-state index in [0.717, 1.165) is 12.1 Å². The number of nitrogens with zero attached hydrogens (tertiary/aromatic N) is 1. The average molecular weight is 358 g/mol. The van der Waals surface area contributed by atoms with Gasteiger partial charge in [-0.05, 0) is 55.5 Å².